The Bertz CT molecular complexity index is 696. The van der Waals surface area contributed by atoms with Crippen LogP contribution in [0.3, 0.4) is 0 Å². The second-order valence-electron chi connectivity index (χ2n) is 4.17. The fraction of sp³-hybridized carbons (Fsp3) is 0.0714. The number of aromatic nitrogens is 2. The van der Waals surface area contributed by atoms with Crippen molar-refractivity contribution in [2.24, 2.45) is 0 Å². The Kier molecular flexibility index (Phi) is 2.55. The van der Waals surface area contributed by atoms with Gasteiger partial charge in [0.05, 0.1) is 17.0 Å². The largest absolute Gasteiger partial charge is 0.418 e. The summed E-state index contributed by atoms with van der Waals surface area (Å²) in [6.45, 7) is 0. The quantitative estimate of drug-likeness (QED) is 0.697. The van der Waals surface area contributed by atoms with Crippen molar-refractivity contribution in [3.8, 4) is 11.4 Å². The highest BCUT2D eigenvalue weighted by Crippen LogP contribution is 2.36. The van der Waals surface area contributed by atoms with Crippen LogP contribution in [0, 0.1) is 0 Å². The van der Waals surface area contributed by atoms with Crippen molar-refractivity contribution < 1.29 is 13.2 Å². The Morgan fingerprint density at radius 2 is 1.79 bits per heavy atom. The first-order chi connectivity index (χ1) is 9.05. The average Bonchev–Trinajstić information content (AvgIpc) is 2.81. The van der Waals surface area contributed by atoms with Gasteiger partial charge in [-0.2, -0.15) is 13.2 Å². The van der Waals surface area contributed by atoms with Crippen LogP contribution in [-0.4, -0.2) is 9.97 Å². The molecule has 0 unspecified atom stereocenters. The number of hydrogen-bond donors (Lipinski definition) is 1. The zero-order valence-electron chi connectivity index (χ0n) is 9.70. The highest BCUT2D eigenvalue weighted by Gasteiger charge is 2.34. The highest BCUT2D eigenvalue weighted by atomic mass is 19.4. The minimum atomic E-state index is -4.42. The highest BCUT2D eigenvalue weighted by molar-refractivity contribution is 5.85. The number of nitrogens with zero attached hydrogens (tertiary/aromatic N) is 1. The van der Waals surface area contributed by atoms with Crippen LogP contribution < -0.4 is 0 Å². The first kappa shape index (κ1) is 11.8. The van der Waals surface area contributed by atoms with Gasteiger partial charge in [0.25, 0.3) is 0 Å². The van der Waals surface area contributed by atoms with Gasteiger partial charge >= 0.3 is 6.18 Å². The summed E-state index contributed by atoms with van der Waals surface area (Å²) in [6.07, 6.45) is -3.06. The van der Waals surface area contributed by atoms with Crippen LogP contribution in [0.5, 0.6) is 0 Å². The molecule has 0 amide bonds. The normalized spacial score (nSPS) is 11.9. The smallest absolute Gasteiger partial charge is 0.353 e. The Balaban J connectivity index is 2.22. The lowest BCUT2D eigenvalue weighted by Crippen LogP contribution is -2.08. The lowest BCUT2D eigenvalue weighted by molar-refractivity contribution is -0.137. The third-order valence-corrected chi connectivity index (χ3v) is 2.90. The molecule has 3 rings (SSSR count). The lowest BCUT2D eigenvalue weighted by atomic mass is 10.1. The van der Waals surface area contributed by atoms with Crippen LogP contribution >= 0.6 is 0 Å². The van der Waals surface area contributed by atoms with Gasteiger partial charge in [-0.1, -0.05) is 18.2 Å². The minimum Gasteiger partial charge on any atom is -0.353 e. The van der Waals surface area contributed by atoms with Gasteiger partial charge < -0.3 is 4.98 Å². The standard InChI is InChI=1S/C14H9F3N2/c15-14(16,17)10-5-3-7-18-13(10)12-8-9-4-1-2-6-11(9)19-12/h1-8,19H. The molecule has 0 aliphatic rings. The number of nitrogens with one attached hydrogen (secondary N) is 1. The van der Waals surface area contributed by atoms with E-state index in [1.807, 2.05) is 24.3 Å². The molecule has 3 aromatic rings. The summed E-state index contributed by atoms with van der Waals surface area (Å²) in [4.78, 5) is 6.82. The summed E-state index contributed by atoms with van der Waals surface area (Å²) in [5.74, 6) is 0. The van der Waals surface area contributed by atoms with Crippen LogP contribution in [0.15, 0.2) is 48.7 Å². The topological polar surface area (TPSA) is 28.7 Å². The first-order valence-electron chi connectivity index (χ1n) is 5.66. The van der Waals surface area contributed by atoms with E-state index < -0.39 is 11.7 Å². The Labute approximate surface area is 106 Å². The number of aromatic amines is 1. The molecule has 0 aliphatic carbocycles. The SMILES string of the molecule is FC(F)(F)c1cccnc1-c1cc2ccccc2[nH]1. The molecule has 0 fully saturated rings. The molecule has 2 aromatic heterocycles. The van der Waals surface area contributed by atoms with Crippen molar-refractivity contribution in [1.82, 2.24) is 9.97 Å². The molecule has 1 aromatic carbocycles. The summed E-state index contributed by atoms with van der Waals surface area (Å²) in [5.41, 5.74) is 0.346. The molecule has 0 saturated heterocycles. The molecule has 2 heterocycles. The number of rotatable bonds is 1. The molecular weight excluding hydrogens is 253 g/mol. The first-order valence-corrected chi connectivity index (χ1v) is 5.66. The summed E-state index contributed by atoms with van der Waals surface area (Å²) in [5, 5.41) is 0.858. The number of para-hydroxylation sites is 1. The molecule has 96 valence electrons. The number of fused-ring (bicyclic) bond motifs is 1. The summed E-state index contributed by atoms with van der Waals surface area (Å²) in [7, 11) is 0. The van der Waals surface area contributed by atoms with Crippen LogP contribution in [0.4, 0.5) is 13.2 Å². The number of alkyl halides is 3. The Hall–Kier alpha value is -2.30. The van der Waals surface area contributed by atoms with Crippen molar-refractivity contribution in [2.45, 2.75) is 6.18 Å². The van der Waals surface area contributed by atoms with Crippen LogP contribution in [0.2, 0.25) is 0 Å². The maximum atomic E-state index is 12.9. The number of benzene rings is 1. The molecule has 5 heteroatoms. The molecular formula is C14H9F3N2. The van der Waals surface area contributed by atoms with Gasteiger partial charge in [0.2, 0.25) is 0 Å². The number of pyridine rings is 1. The van der Waals surface area contributed by atoms with Crippen molar-refractivity contribution >= 4 is 10.9 Å². The molecule has 0 bridgehead atoms. The van der Waals surface area contributed by atoms with E-state index in [-0.39, 0.29) is 5.69 Å². The van der Waals surface area contributed by atoms with Crippen molar-refractivity contribution in [2.75, 3.05) is 0 Å². The molecule has 0 saturated carbocycles. The van der Waals surface area contributed by atoms with Gasteiger partial charge in [-0.25, -0.2) is 0 Å². The number of H-pyrrole nitrogens is 1. The lowest BCUT2D eigenvalue weighted by Gasteiger charge is -2.10. The maximum absolute atomic E-state index is 12.9. The molecule has 2 nitrogen and oxygen atoms in total. The second kappa shape index (κ2) is 4.12. The van der Waals surface area contributed by atoms with E-state index in [9.17, 15) is 13.2 Å². The molecule has 0 radical (unpaired) electrons. The molecule has 1 N–H and O–H groups in total. The fourth-order valence-electron chi connectivity index (χ4n) is 2.05. The van der Waals surface area contributed by atoms with Crippen LogP contribution in [0.1, 0.15) is 5.56 Å². The van der Waals surface area contributed by atoms with Crippen molar-refractivity contribution in [3.63, 3.8) is 0 Å². The Morgan fingerprint density at radius 3 is 2.53 bits per heavy atom. The van der Waals surface area contributed by atoms with Gasteiger partial charge in [-0.15, -0.1) is 0 Å². The van der Waals surface area contributed by atoms with Crippen molar-refractivity contribution in [1.29, 1.82) is 0 Å². The van der Waals surface area contributed by atoms with Crippen LogP contribution in [-0.2, 0) is 6.18 Å². The molecule has 19 heavy (non-hydrogen) atoms. The van der Waals surface area contributed by atoms with E-state index >= 15 is 0 Å². The second-order valence-corrected chi connectivity index (χ2v) is 4.17. The predicted octanol–water partition coefficient (Wildman–Crippen LogP) is 4.25. The van der Waals surface area contributed by atoms with Crippen LogP contribution in [0.25, 0.3) is 22.3 Å². The molecule has 0 atom stereocenters. The van der Waals surface area contributed by atoms with Crippen molar-refractivity contribution in [3.05, 3.63) is 54.2 Å². The number of halogens is 3. The maximum Gasteiger partial charge on any atom is 0.418 e. The summed E-state index contributed by atoms with van der Waals surface area (Å²) >= 11 is 0. The molecule has 0 spiro atoms. The average molecular weight is 262 g/mol. The third kappa shape index (κ3) is 2.07. The van der Waals surface area contributed by atoms with E-state index in [0.29, 0.717) is 5.69 Å². The minimum absolute atomic E-state index is 0.0776. The summed E-state index contributed by atoms with van der Waals surface area (Å²) < 4.78 is 38.8. The van der Waals surface area contributed by atoms with Gasteiger partial charge in [-0.3, -0.25) is 4.98 Å². The van der Waals surface area contributed by atoms with E-state index in [4.69, 9.17) is 0 Å². The molecule has 0 aliphatic heterocycles. The predicted molar refractivity (Wildman–Crippen MR) is 66.5 cm³/mol. The van der Waals surface area contributed by atoms with Gasteiger partial charge in [-0.05, 0) is 24.3 Å². The number of hydrogen-bond acceptors (Lipinski definition) is 1. The Morgan fingerprint density at radius 1 is 1.00 bits per heavy atom. The van der Waals surface area contributed by atoms with Gasteiger partial charge in [0.1, 0.15) is 0 Å². The van der Waals surface area contributed by atoms with E-state index in [1.165, 1.54) is 12.3 Å². The monoisotopic (exact) mass is 262 g/mol. The van der Waals surface area contributed by atoms with E-state index in [2.05, 4.69) is 9.97 Å². The fourth-order valence-corrected chi connectivity index (χ4v) is 2.05. The zero-order chi connectivity index (χ0) is 13.5. The van der Waals surface area contributed by atoms with Gasteiger partial charge in [0.15, 0.2) is 0 Å². The summed E-state index contributed by atoms with van der Waals surface area (Å²) in [6, 6.07) is 11.3. The van der Waals surface area contributed by atoms with E-state index in [0.717, 1.165) is 17.0 Å². The van der Waals surface area contributed by atoms with E-state index in [1.54, 1.807) is 6.07 Å². The zero-order valence-corrected chi connectivity index (χ0v) is 9.70. The third-order valence-electron chi connectivity index (χ3n) is 2.90. The van der Waals surface area contributed by atoms with Gasteiger partial charge in [0, 0.05) is 17.1 Å².